The first kappa shape index (κ1) is 12.6. The van der Waals surface area contributed by atoms with Gasteiger partial charge in [0, 0.05) is 33.6 Å². The number of rotatable bonds is 3. The van der Waals surface area contributed by atoms with Crippen LogP contribution in [0.2, 0.25) is 0 Å². The summed E-state index contributed by atoms with van der Waals surface area (Å²) in [4.78, 5) is 4.60. The lowest BCUT2D eigenvalue weighted by atomic mass is 10.00. The van der Waals surface area contributed by atoms with Crippen LogP contribution in [-0.2, 0) is 13.5 Å². The van der Waals surface area contributed by atoms with Gasteiger partial charge in [-0.3, -0.25) is 0 Å². The van der Waals surface area contributed by atoms with Crippen LogP contribution < -0.4 is 4.57 Å². The number of aromatic nitrogens is 2. The summed E-state index contributed by atoms with van der Waals surface area (Å²) in [6.07, 6.45) is 1.89. The average molecular weight is 349 g/mol. The van der Waals surface area contributed by atoms with Crippen molar-refractivity contribution in [2.75, 3.05) is 0 Å². The summed E-state index contributed by atoms with van der Waals surface area (Å²) in [7, 11) is 1.91. The van der Waals surface area contributed by atoms with E-state index in [-0.39, 0.29) is 6.42 Å². The molecule has 0 saturated carbocycles. The molecule has 0 radical (unpaired) electrons. The van der Waals surface area contributed by atoms with E-state index in [4.69, 9.17) is 9.90 Å². The van der Waals surface area contributed by atoms with Gasteiger partial charge in [0.25, 0.3) is 0 Å². The number of nitrogens with zero attached hydrogens (tertiary/aromatic N) is 2. The van der Waals surface area contributed by atoms with Crippen molar-refractivity contribution in [2.45, 2.75) is 39.9 Å². The number of furan rings is 1. The van der Waals surface area contributed by atoms with E-state index < -0.39 is 12.7 Å². The van der Waals surface area contributed by atoms with Crippen LogP contribution in [-0.4, -0.2) is 4.98 Å². The Morgan fingerprint density at radius 1 is 1.15 bits per heavy atom. The third-order valence-electron chi connectivity index (χ3n) is 4.88. The monoisotopic (exact) mass is 349 g/mol. The van der Waals surface area contributed by atoms with Crippen LogP contribution in [0.4, 0.5) is 0 Å². The van der Waals surface area contributed by atoms with E-state index in [1.54, 1.807) is 13.8 Å². The molecule has 3 nitrogen and oxygen atoms in total. The maximum atomic E-state index is 8.26. The Bertz CT molecular complexity index is 1270. The summed E-state index contributed by atoms with van der Waals surface area (Å²) >= 11 is 0. The molecular weight excluding hydrogens is 320 g/mol. The Kier molecular flexibility index (Phi) is 3.03. The average Bonchev–Trinajstić information content (AvgIpc) is 2.98. The first-order chi connectivity index (χ1) is 13.9. The first-order valence-corrected chi connectivity index (χ1v) is 8.76. The molecule has 0 spiro atoms. The topological polar surface area (TPSA) is 29.9 Å². The second kappa shape index (κ2) is 6.24. The van der Waals surface area contributed by atoms with Gasteiger partial charge in [-0.1, -0.05) is 32.8 Å². The third-order valence-corrected chi connectivity index (χ3v) is 4.88. The van der Waals surface area contributed by atoms with Crippen molar-refractivity contribution in [2.24, 2.45) is 7.05 Å². The lowest BCUT2D eigenvalue weighted by molar-refractivity contribution is -0.660. The van der Waals surface area contributed by atoms with E-state index in [2.05, 4.69) is 11.1 Å². The summed E-state index contributed by atoms with van der Waals surface area (Å²) in [5.41, 5.74) is 5.65. The van der Waals surface area contributed by atoms with Crippen molar-refractivity contribution < 1.29 is 14.5 Å². The fourth-order valence-electron chi connectivity index (χ4n) is 3.45. The molecule has 3 heteroatoms. The molecule has 0 aliphatic carbocycles. The zero-order valence-corrected chi connectivity index (χ0v) is 15.6. The molecule has 1 aromatic carbocycles. The van der Waals surface area contributed by atoms with Crippen LogP contribution in [0.15, 0.2) is 47.0 Å². The van der Waals surface area contributed by atoms with Gasteiger partial charge in [0.2, 0.25) is 11.4 Å². The Morgan fingerprint density at radius 3 is 2.69 bits per heavy atom. The fourth-order valence-corrected chi connectivity index (χ4v) is 3.45. The highest BCUT2D eigenvalue weighted by Gasteiger charge is 2.21. The van der Waals surface area contributed by atoms with Gasteiger partial charge >= 0.3 is 0 Å². The zero-order chi connectivity index (χ0) is 21.8. The Morgan fingerprint density at radius 2 is 1.96 bits per heavy atom. The van der Waals surface area contributed by atoms with Crippen LogP contribution in [0.25, 0.3) is 33.3 Å². The van der Waals surface area contributed by atoms with Gasteiger partial charge in [-0.05, 0) is 43.0 Å². The SMILES string of the molecule is [2H]C([2H])([2H])Cc1ccc(-c2c(C)ccc3c2oc2nc(C([2H])(C)C)ccc23)[n+](C)c1. The summed E-state index contributed by atoms with van der Waals surface area (Å²) in [6, 6.07) is 11.8. The molecule has 4 rings (SSSR count). The van der Waals surface area contributed by atoms with Crippen molar-refractivity contribution in [1.82, 2.24) is 4.98 Å². The molecule has 0 fully saturated rings. The highest BCUT2D eigenvalue weighted by Crippen LogP contribution is 2.36. The van der Waals surface area contributed by atoms with Gasteiger partial charge in [0.15, 0.2) is 11.8 Å². The molecule has 4 aromatic rings. The molecule has 0 atom stereocenters. The van der Waals surface area contributed by atoms with Crippen molar-refractivity contribution in [3.63, 3.8) is 0 Å². The number of aryl methyl sites for hydroxylation is 3. The number of hydrogen-bond donors (Lipinski definition) is 0. The van der Waals surface area contributed by atoms with Crippen LogP contribution in [0.3, 0.4) is 0 Å². The molecule has 26 heavy (non-hydrogen) atoms. The molecule has 0 aliphatic rings. The van der Waals surface area contributed by atoms with E-state index in [0.29, 0.717) is 11.4 Å². The minimum atomic E-state index is -2.00. The van der Waals surface area contributed by atoms with E-state index in [1.807, 2.05) is 55.1 Å². The fraction of sp³-hybridized carbons (Fsp3) is 0.304. The summed E-state index contributed by atoms with van der Waals surface area (Å²) in [5.74, 6) is -0.809. The highest BCUT2D eigenvalue weighted by molar-refractivity contribution is 6.08. The third kappa shape index (κ3) is 2.59. The number of pyridine rings is 2. The molecule has 0 aliphatic heterocycles. The molecule has 0 amide bonds. The Labute approximate surface area is 159 Å². The van der Waals surface area contributed by atoms with E-state index in [0.717, 1.165) is 38.7 Å². The molecular formula is C23H25N2O+. The maximum absolute atomic E-state index is 8.26. The molecule has 3 heterocycles. The van der Waals surface area contributed by atoms with E-state index in [9.17, 15) is 0 Å². The molecule has 0 unspecified atom stereocenters. The first-order valence-electron chi connectivity index (χ1n) is 10.8. The van der Waals surface area contributed by atoms with E-state index in [1.165, 1.54) is 0 Å². The van der Waals surface area contributed by atoms with Crippen LogP contribution in [0, 0.1) is 6.92 Å². The number of benzene rings is 1. The Balaban J connectivity index is 1.91. The van der Waals surface area contributed by atoms with Gasteiger partial charge in [-0.15, -0.1) is 0 Å². The normalized spacial score (nSPS) is 14.9. The molecule has 0 saturated heterocycles. The van der Waals surface area contributed by atoms with Gasteiger partial charge < -0.3 is 4.42 Å². The smallest absolute Gasteiger partial charge is 0.227 e. The predicted octanol–water partition coefficient (Wildman–Crippen LogP) is 5.47. The number of fused-ring (bicyclic) bond motifs is 3. The van der Waals surface area contributed by atoms with Gasteiger partial charge in [0.1, 0.15) is 7.05 Å². The molecule has 0 N–H and O–H groups in total. The summed E-state index contributed by atoms with van der Waals surface area (Å²) < 4.78 is 39.0. The van der Waals surface area contributed by atoms with Crippen molar-refractivity contribution in [3.8, 4) is 11.3 Å². The predicted molar refractivity (Wildman–Crippen MR) is 106 cm³/mol. The largest absolute Gasteiger partial charge is 0.437 e. The lowest BCUT2D eigenvalue weighted by Gasteiger charge is -2.06. The zero-order valence-electron chi connectivity index (χ0n) is 19.6. The maximum Gasteiger partial charge on any atom is 0.227 e. The van der Waals surface area contributed by atoms with Crippen LogP contribution >= 0.6 is 0 Å². The van der Waals surface area contributed by atoms with Gasteiger partial charge in [-0.2, -0.15) is 0 Å². The Hall–Kier alpha value is -2.68. The second-order valence-corrected chi connectivity index (χ2v) is 7.00. The standard InChI is InChI=1S/C23H25N2O/c1-6-16-8-12-20(25(5)13-16)21-15(4)7-9-17-18-10-11-19(14(2)3)24-23(18)26-22(17)21/h7-14H,6H2,1-5H3/q+1/i1D3,14D. The molecule has 0 bridgehead atoms. The van der Waals surface area contributed by atoms with Crippen molar-refractivity contribution >= 4 is 22.1 Å². The lowest BCUT2D eigenvalue weighted by Crippen LogP contribution is -2.31. The second-order valence-electron chi connectivity index (χ2n) is 7.00. The minimum absolute atomic E-state index is 0.0323. The van der Waals surface area contributed by atoms with Crippen molar-refractivity contribution in [3.05, 3.63) is 59.4 Å². The van der Waals surface area contributed by atoms with Gasteiger partial charge in [-0.25, -0.2) is 9.55 Å². The summed E-state index contributed by atoms with van der Waals surface area (Å²) in [5, 5.41) is 1.89. The van der Waals surface area contributed by atoms with Crippen LogP contribution in [0.1, 0.15) is 48.9 Å². The van der Waals surface area contributed by atoms with E-state index >= 15 is 0 Å². The van der Waals surface area contributed by atoms with Gasteiger partial charge in [0.05, 0.1) is 5.56 Å². The van der Waals surface area contributed by atoms with Crippen LogP contribution in [0.5, 0.6) is 0 Å². The summed E-state index contributed by atoms with van der Waals surface area (Å²) in [6.45, 7) is 3.64. The quantitative estimate of drug-likeness (QED) is 0.459. The number of hydrogen-bond acceptors (Lipinski definition) is 2. The highest BCUT2D eigenvalue weighted by atomic mass is 16.3. The minimum Gasteiger partial charge on any atom is -0.437 e. The van der Waals surface area contributed by atoms with Crippen molar-refractivity contribution in [1.29, 1.82) is 0 Å². The molecule has 132 valence electrons. The molecule has 3 aromatic heterocycles.